The van der Waals surface area contributed by atoms with Crippen LogP contribution in [0, 0.1) is 5.82 Å². The van der Waals surface area contributed by atoms with Crippen molar-refractivity contribution < 1.29 is 17.9 Å². The van der Waals surface area contributed by atoms with E-state index in [9.17, 15) is 12.8 Å². The zero-order chi connectivity index (χ0) is 14.8. The van der Waals surface area contributed by atoms with Gasteiger partial charge in [-0.25, -0.2) is 22.5 Å². The molecule has 5 nitrogen and oxygen atoms in total. The molecule has 1 aromatic carbocycles. The van der Waals surface area contributed by atoms with E-state index in [2.05, 4.69) is 25.6 Å². The van der Waals surface area contributed by atoms with Crippen LogP contribution in [-0.2, 0) is 23.2 Å². The summed E-state index contributed by atoms with van der Waals surface area (Å²) in [5, 5.41) is 10.7. The summed E-state index contributed by atoms with van der Waals surface area (Å²) in [6, 6.07) is 2.48. The third-order valence-corrected chi connectivity index (χ3v) is 4.96. The first kappa shape index (κ1) is 15.5. The highest BCUT2D eigenvalue weighted by atomic mass is 79.9. The number of aliphatic hydroxyl groups is 1. The largest absolute Gasteiger partial charge is 0.392 e. The molecule has 9 heteroatoms. The zero-order valence-electron chi connectivity index (χ0n) is 10.0. The summed E-state index contributed by atoms with van der Waals surface area (Å²) < 4.78 is 40.8. The third kappa shape index (κ3) is 3.41. The molecule has 0 unspecified atom stereocenters. The maximum Gasteiger partial charge on any atom is 0.243 e. The van der Waals surface area contributed by atoms with E-state index in [4.69, 9.17) is 5.11 Å². The summed E-state index contributed by atoms with van der Waals surface area (Å²) in [6.45, 7) is -0.605. The third-order valence-electron chi connectivity index (χ3n) is 2.47. The van der Waals surface area contributed by atoms with Gasteiger partial charge in [-0.1, -0.05) is 15.9 Å². The molecule has 1 aromatic heterocycles. The Kier molecular flexibility index (Phi) is 4.86. The molecule has 2 aromatic rings. The van der Waals surface area contributed by atoms with E-state index in [0.29, 0.717) is 10.2 Å². The Labute approximate surface area is 127 Å². The second-order valence-electron chi connectivity index (χ2n) is 3.84. The van der Waals surface area contributed by atoms with Gasteiger partial charge in [0.2, 0.25) is 10.0 Å². The number of hydrogen-bond acceptors (Lipinski definition) is 5. The van der Waals surface area contributed by atoms with Crippen LogP contribution in [0.15, 0.2) is 32.4 Å². The van der Waals surface area contributed by atoms with Crippen LogP contribution in [0.3, 0.4) is 0 Å². The topological polar surface area (TPSA) is 79.3 Å². The van der Waals surface area contributed by atoms with Gasteiger partial charge in [-0.15, -0.1) is 11.3 Å². The lowest BCUT2D eigenvalue weighted by Gasteiger charge is -2.09. The molecule has 0 bridgehead atoms. The summed E-state index contributed by atoms with van der Waals surface area (Å²) in [5.41, 5.74) is 2.04. The molecule has 0 saturated carbocycles. The summed E-state index contributed by atoms with van der Waals surface area (Å²) in [7, 11) is -4.02. The van der Waals surface area contributed by atoms with E-state index < -0.39 is 27.3 Å². The van der Waals surface area contributed by atoms with E-state index in [-0.39, 0.29) is 12.1 Å². The van der Waals surface area contributed by atoms with Crippen LogP contribution in [-0.4, -0.2) is 18.5 Å². The maximum atomic E-state index is 14.0. The van der Waals surface area contributed by atoms with Crippen molar-refractivity contribution in [3.63, 3.8) is 0 Å². The van der Waals surface area contributed by atoms with E-state index >= 15 is 0 Å². The molecule has 0 spiro atoms. The van der Waals surface area contributed by atoms with Gasteiger partial charge in [-0.05, 0) is 12.1 Å². The van der Waals surface area contributed by atoms with Gasteiger partial charge in [0, 0.05) is 15.4 Å². The summed E-state index contributed by atoms with van der Waals surface area (Å²) in [4.78, 5) is 3.43. The SMILES string of the molecule is O=S(=O)(NCc1cscn1)c1cc(Br)cc(CO)c1F. The maximum absolute atomic E-state index is 14.0. The van der Waals surface area contributed by atoms with Crippen LogP contribution >= 0.6 is 27.3 Å². The molecule has 0 aliphatic heterocycles. The number of rotatable bonds is 5. The average Bonchev–Trinajstić information content (AvgIpc) is 2.92. The molecule has 0 aliphatic carbocycles. The van der Waals surface area contributed by atoms with Gasteiger partial charge in [0.15, 0.2) is 0 Å². The molecule has 0 radical (unpaired) electrons. The van der Waals surface area contributed by atoms with E-state index in [1.807, 2.05) is 0 Å². The number of thiazole rings is 1. The van der Waals surface area contributed by atoms with Crippen molar-refractivity contribution in [3.05, 3.63) is 44.6 Å². The van der Waals surface area contributed by atoms with Gasteiger partial charge in [0.05, 0.1) is 24.4 Å². The zero-order valence-corrected chi connectivity index (χ0v) is 13.2. The molecule has 0 saturated heterocycles. The minimum atomic E-state index is -4.02. The van der Waals surface area contributed by atoms with Crippen LogP contribution in [0.2, 0.25) is 0 Å². The number of halogens is 2. The molecule has 2 N–H and O–H groups in total. The van der Waals surface area contributed by atoms with Crippen LogP contribution in [0.4, 0.5) is 4.39 Å². The van der Waals surface area contributed by atoms with Gasteiger partial charge in [0.1, 0.15) is 10.7 Å². The number of nitrogens with zero attached hydrogens (tertiary/aromatic N) is 1. The van der Waals surface area contributed by atoms with Crippen molar-refractivity contribution in [1.82, 2.24) is 9.71 Å². The Bertz CT molecular complexity index is 705. The molecule has 108 valence electrons. The standard InChI is InChI=1S/C11H10BrFN2O3S2/c12-8-1-7(4-16)11(13)10(2-8)20(17,18)15-3-9-5-19-6-14-9/h1-2,5-6,15-16H,3-4H2. The smallest absolute Gasteiger partial charge is 0.243 e. The predicted octanol–water partition coefficient (Wildman–Crippen LogP) is 2.02. The van der Waals surface area contributed by atoms with Crippen LogP contribution in [0.1, 0.15) is 11.3 Å². The first-order chi connectivity index (χ1) is 9.44. The normalized spacial score (nSPS) is 11.8. The van der Waals surface area contributed by atoms with Gasteiger partial charge in [-0.2, -0.15) is 0 Å². The number of benzene rings is 1. The van der Waals surface area contributed by atoms with E-state index in [0.717, 1.165) is 6.07 Å². The fourth-order valence-corrected chi connectivity index (χ4v) is 3.86. The Morgan fingerprint density at radius 2 is 2.20 bits per heavy atom. The monoisotopic (exact) mass is 380 g/mol. The molecule has 1 heterocycles. The molecule has 2 rings (SSSR count). The van der Waals surface area contributed by atoms with E-state index in [1.54, 1.807) is 10.9 Å². The summed E-state index contributed by atoms with van der Waals surface area (Å²) in [6.07, 6.45) is 0. The lowest BCUT2D eigenvalue weighted by molar-refractivity contribution is 0.274. The number of aromatic nitrogens is 1. The van der Waals surface area contributed by atoms with Crippen molar-refractivity contribution in [2.45, 2.75) is 18.0 Å². The molecular weight excluding hydrogens is 371 g/mol. The Morgan fingerprint density at radius 1 is 1.45 bits per heavy atom. The quantitative estimate of drug-likeness (QED) is 0.831. The number of sulfonamides is 1. The Morgan fingerprint density at radius 3 is 2.80 bits per heavy atom. The highest BCUT2D eigenvalue weighted by Crippen LogP contribution is 2.24. The first-order valence-electron chi connectivity index (χ1n) is 5.39. The molecule has 0 aliphatic rings. The van der Waals surface area contributed by atoms with Crippen molar-refractivity contribution in [2.24, 2.45) is 0 Å². The number of aliphatic hydroxyl groups excluding tert-OH is 1. The lowest BCUT2D eigenvalue weighted by Crippen LogP contribution is -2.24. The van der Waals surface area contributed by atoms with E-state index in [1.165, 1.54) is 17.4 Å². The summed E-state index contributed by atoms with van der Waals surface area (Å²) >= 11 is 4.43. The Hall–Kier alpha value is -0.870. The number of hydrogen-bond donors (Lipinski definition) is 2. The van der Waals surface area contributed by atoms with Crippen molar-refractivity contribution >= 4 is 37.3 Å². The van der Waals surface area contributed by atoms with Gasteiger partial charge in [0.25, 0.3) is 0 Å². The lowest BCUT2D eigenvalue weighted by atomic mass is 10.2. The molecule has 0 fully saturated rings. The molecular formula is C11H10BrFN2O3S2. The van der Waals surface area contributed by atoms with Crippen LogP contribution in [0.25, 0.3) is 0 Å². The van der Waals surface area contributed by atoms with Gasteiger partial charge in [-0.3, -0.25) is 0 Å². The minimum Gasteiger partial charge on any atom is -0.392 e. The molecule has 20 heavy (non-hydrogen) atoms. The highest BCUT2D eigenvalue weighted by Gasteiger charge is 2.22. The average molecular weight is 381 g/mol. The molecule has 0 amide bonds. The van der Waals surface area contributed by atoms with Crippen molar-refractivity contribution in [3.8, 4) is 0 Å². The summed E-state index contributed by atoms with van der Waals surface area (Å²) in [5.74, 6) is -0.957. The van der Waals surface area contributed by atoms with Crippen LogP contribution in [0.5, 0.6) is 0 Å². The fourth-order valence-electron chi connectivity index (χ4n) is 1.50. The highest BCUT2D eigenvalue weighted by molar-refractivity contribution is 9.10. The first-order valence-corrected chi connectivity index (χ1v) is 8.61. The second-order valence-corrected chi connectivity index (χ2v) is 7.21. The van der Waals surface area contributed by atoms with Crippen LogP contribution < -0.4 is 4.72 Å². The van der Waals surface area contributed by atoms with Gasteiger partial charge < -0.3 is 5.11 Å². The van der Waals surface area contributed by atoms with Crippen molar-refractivity contribution in [1.29, 1.82) is 0 Å². The fraction of sp³-hybridized carbons (Fsp3) is 0.182. The minimum absolute atomic E-state index is 0.0216. The predicted molar refractivity (Wildman–Crippen MR) is 76.2 cm³/mol. The van der Waals surface area contributed by atoms with Gasteiger partial charge >= 0.3 is 0 Å². The Balaban J connectivity index is 2.31. The second kappa shape index (κ2) is 6.27. The molecule has 0 atom stereocenters. The van der Waals surface area contributed by atoms with Crippen molar-refractivity contribution in [2.75, 3.05) is 0 Å². The number of nitrogens with one attached hydrogen (secondary N) is 1.